The average molecular weight is 478 g/mol. The average Bonchev–Trinajstić information content (AvgIpc) is 3.45. The second-order valence-electron chi connectivity index (χ2n) is 9.32. The van der Waals surface area contributed by atoms with E-state index in [0.29, 0.717) is 23.7 Å². The summed E-state index contributed by atoms with van der Waals surface area (Å²) in [6, 6.07) is 14.1. The molecule has 2 saturated carbocycles. The van der Waals surface area contributed by atoms with Crippen LogP contribution in [0.4, 0.5) is 14.9 Å². The van der Waals surface area contributed by atoms with Crippen molar-refractivity contribution < 1.29 is 9.18 Å². The molecule has 8 heteroatoms. The van der Waals surface area contributed by atoms with Gasteiger partial charge in [0, 0.05) is 31.2 Å². The number of aromatic nitrogens is 2. The molecule has 174 valence electrons. The Morgan fingerprint density at radius 3 is 2.94 bits per heavy atom. The van der Waals surface area contributed by atoms with Gasteiger partial charge in [0.05, 0.1) is 23.2 Å². The molecule has 0 bridgehead atoms. The predicted octanol–water partition coefficient (Wildman–Crippen LogP) is 5.63. The smallest absolute Gasteiger partial charge is 0.322 e. The Balaban J connectivity index is 1.36. The van der Waals surface area contributed by atoms with Crippen molar-refractivity contribution in [2.75, 3.05) is 5.32 Å². The summed E-state index contributed by atoms with van der Waals surface area (Å²) < 4.78 is 15.5. The van der Waals surface area contributed by atoms with Crippen molar-refractivity contribution >= 4 is 23.3 Å². The van der Waals surface area contributed by atoms with E-state index in [4.69, 9.17) is 11.6 Å². The number of fused-ring (bicyclic) bond motifs is 1. The van der Waals surface area contributed by atoms with Gasteiger partial charge in [-0.2, -0.15) is 5.26 Å². The standard InChI is InChI=1S/C26H25ClFN5O/c1-32-10-9-30-24(32)16-33(25(34)31-20-5-6-23(28)22(27)13-20)21-7-8-26(14-19(26)12-21)18-4-2-3-17(11-18)15-29/h2-6,9-11,13,19,21H,7-8,12,14,16H2,1H3,(H,31,34)/t19?,21-,26-/m1/s1. The number of nitrogens with zero attached hydrogens (tertiary/aromatic N) is 4. The summed E-state index contributed by atoms with van der Waals surface area (Å²) in [5.41, 5.74) is 2.48. The van der Waals surface area contributed by atoms with Crippen LogP contribution in [0, 0.1) is 23.1 Å². The number of carbonyl (C=O) groups is 1. The zero-order valence-corrected chi connectivity index (χ0v) is 19.6. The second-order valence-corrected chi connectivity index (χ2v) is 9.73. The zero-order valence-electron chi connectivity index (χ0n) is 18.8. The minimum Gasteiger partial charge on any atom is -0.337 e. The van der Waals surface area contributed by atoms with Crippen LogP contribution in [0.2, 0.25) is 5.02 Å². The van der Waals surface area contributed by atoms with Gasteiger partial charge in [0.15, 0.2) is 0 Å². The quantitative estimate of drug-likeness (QED) is 0.517. The van der Waals surface area contributed by atoms with Gasteiger partial charge in [-0.25, -0.2) is 14.2 Å². The number of hydrogen-bond donors (Lipinski definition) is 1. The van der Waals surface area contributed by atoms with Crippen LogP contribution in [0.1, 0.15) is 42.6 Å². The molecule has 1 N–H and O–H groups in total. The fourth-order valence-electron chi connectivity index (χ4n) is 5.38. The van der Waals surface area contributed by atoms with Crippen LogP contribution in [-0.2, 0) is 19.0 Å². The van der Waals surface area contributed by atoms with Crippen LogP contribution in [0.5, 0.6) is 0 Å². The van der Waals surface area contributed by atoms with E-state index in [9.17, 15) is 14.4 Å². The number of amides is 2. The lowest BCUT2D eigenvalue weighted by Crippen LogP contribution is -2.45. The summed E-state index contributed by atoms with van der Waals surface area (Å²) >= 11 is 5.91. The summed E-state index contributed by atoms with van der Waals surface area (Å²) in [4.78, 5) is 19.7. The number of hydrogen-bond acceptors (Lipinski definition) is 3. The lowest BCUT2D eigenvalue weighted by molar-refractivity contribution is 0.153. The first kappa shape index (κ1) is 22.4. The van der Waals surface area contributed by atoms with E-state index in [0.717, 1.165) is 31.5 Å². The third kappa shape index (κ3) is 4.14. The van der Waals surface area contributed by atoms with Gasteiger partial charge < -0.3 is 14.8 Å². The summed E-state index contributed by atoms with van der Waals surface area (Å²) in [6.07, 6.45) is 7.36. The molecular formula is C26H25ClFN5O. The van der Waals surface area contributed by atoms with Crippen LogP contribution in [0.15, 0.2) is 54.9 Å². The number of nitriles is 1. The molecule has 2 aliphatic carbocycles. The first-order valence-corrected chi connectivity index (χ1v) is 11.8. The molecule has 2 fully saturated rings. The topological polar surface area (TPSA) is 74.0 Å². The van der Waals surface area contributed by atoms with Gasteiger partial charge in [0.25, 0.3) is 0 Å². The molecule has 3 atom stereocenters. The van der Waals surface area contributed by atoms with Crippen molar-refractivity contribution in [3.05, 3.63) is 82.6 Å². The van der Waals surface area contributed by atoms with Gasteiger partial charge in [-0.15, -0.1) is 0 Å². The van der Waals surface area contributed by atoms with Crippen molar-refractivity contribution in [3.63, 3.8) is 0 Å². The molecule has 1 unspecified atom stereocenters. The first-order chi connectivity index (χ1) is 16.4. The van der Waals surface area contributed by atoms with Crippen molar-refractivity contribution in [1.29, 1.82) is 5.26 Å². The molecule has 1 aromatic heterocycles. The lowest BCUT2D eigenvalue weighted by atomic mass is 9.80. The minimum atomic E-state index is -0.526. The van der Waals surface area contributed by atoms with E-state index in [2.05, 4.69) is 22.4 Å². The molecule has 0 radical (unpaired) electrons. The van der Waals surface area contributed by atoms with Crippen LogP contribution >= 0.6 is 11.6 Å². The van der Waals surface area contributed by atoms with Crippen LogP contribution in [-0.4, -0.2) is 26.5 Å². The highest BCUT2D eigenvalue weighted by atomic mass is 35.5. The Hall–Kier alpha value is -3.37. The number of benzene rings is 2. The van der Waals surface area contributed by atoms with Crippen LogP contribution in [0.25, 0.3) is 0 Å². The van der Waals surface area contributed by atoms with Crippen LogP contribution < -0.4 is 5.32 Å². The Morgan fingerprint density at radius 2 is 2.24 bits per heavy atom. The maximum absolute atomic E-state index is 13.6. The van der Waals surface area contributed by atoms with E-state index in [1.165, 1.54) is 23.8 Å². The van der Waals surface area contributed by atoms with Gasteiger partial charge in [0.2, 0.25) is 0 Å². The second kappa shape index (κ2) is 8.77. The van der Waals surface area contributed by atoms with E-state index < -0.39 is 5.82 Å². The van der Waals surface area contributed by atoms with E-state index in [-0.39, 0.29) is 22.5 Å². The summed E-state index contributed by atoms with van der Waals surface area (Å²) in [5, 5.41) is 12.1. The Morgan fingerprint density at radius 1 is 1.38 bits per heavy atom. The number of carbonyl (C=O) groups excluding carboxylic acids is 1. The van der Waals surface area contributed by atoms with Crippen molar-refractivity contribution in [1.82, 2.24) is 14.5 Å². The van der Waals surface area contributed by atoms with Crippen LogP contribution in [0.3, 0.4) is 0 Å². The van der Waals surface area contributed by atoms with Gasteiger partial charge >= 0.3 is 6.03 Å². The Kier molecular flexibility index (Phi) is 5.78. The molecule has 2 aliphatic rings. The maximum Gasteiger partial charge on any atom is 0.322 e. The number of rotatable bonds is 5. The first-order valence-electron chi connectivity index (χ1n) is 11.4. The van der Waals surface area contributed by atoms with E-state index in [1.807, 2.05) is 40.9 Å². The number of halogens is 2. The number of imidazole rings is 1. The molecule has 2 aromatic carbocycles. The summed E-state index contributed by atoms with van der Waals surface area (Å²) in [6.45, 7) is 0.374. The molecule has 1 heterocycles. The van der Waals surface area contributed by atoms with Crippen molar-refractivity contribution in [3.8, 4) is 6.07 Å². The molecule has 2 amide bonds. The third-order valence-corrected chi connectivity index (χ3v) is 7.67. The Labute approximate surface area is 203 Å². The highest BCUT2D eigenvalue weighted by Crippen LogP contribution is 2.63. The molecule has 0 spiro atoms. The normalized spacial score (nSPS) is 23.0. The van der Waals surface area contributed by atoms with Gasteiger partial charge in [-0.1, -0.05) is 23.7 Å². The number of anilines is 1. The van der Waals surface area contributed by atoms with Crippen molar-refractivity contribution in [2.45, 2.75) is 43.7 Å². The lowest BCUT2D eigenvalue weighted by Gasteiger charge is -2.36. The number of nitrogens with one attached hydrogen (secondary N) is 1. The van der Waals surface area contributed by atoms with Gasteiger partial charge in [-0.3, -0.25) is 0 Å². The number of aryl methyl sites for hydroxylation is 1. The molecule has 3 aromatic rings. The molecule has 0 saturated heterocycles. The van der Waals surface area contributed by atoms with E-state index in [1.54, 1.807) is 6.20 Å². The van der Waals surface area contributed by atoms with Crippen molar-refractivity contribution in [2.24, 2.45) is 13.0 Å². The Bertz CT molecular complexity index is 1280. The highest BCUT2D eigenvalue weighted by Gasteiger charge is 2.58. The number of urea groups is 1. The van der Waals surface area contributed by atoms with Gasteiger partial charge in [0.1, 0.15) is 11.6 Å². The molecule has 5 rings (SSSR count). The highest BCUT2D eigenvalue weighted by molar-refractivity contribution is 6.31. The third-order valence-electron chi connectivity index (χ3n) is 7.38. The maximum atomic E-state index is 13.6. The molecule has 0 aliphatic heterocycles. The minimum absolute atomic E-state index is 0.0338. The largest absolute Gasteiger partial charge is 0.337 e. The van der Waals surface area contributed by atoms with E-state index >= 15 is 0 Å². The summed E-state index contributed by atoms with van der Waals surface area (Å²) in [5.74, 6) is 0.737. The molecular weight excluding hydrogens is 453 g/mol. The SMILES string of the molecule is Cn1ccnc1CN(C(=O)Nc1ccc(F)c(Cl)c1)[C@@H]1CC[C@]2(c3cccc(C#N)c3)CC2C1. The monoisotopic (exact) mass is 477 g/mol. The predicted molar refractivity (Wildman–Crippen MR) is 128 cm³/mol. The fraction of sp³-hybridized carbons (Fsp3) is 0.346. The fourth-order valence-corrected chi connectivity index (χ4v) is 5.56. The summed E-state index contributed by atoms with van der Waals surface area (Å²) in [7, 11) is 1.91. The molecule has 34 heavy (non-hydrogen) atoms. The van der Waals surface area contributed by atoms with Gasteiger partial charge in [-0.05, 0) is 72.9 Å². The zero-order chi connectivity index (χ0) is 23.9. The molecule has 6 nitrogen and oxygen atoms in total.